The monoisotopic (exact) mass is 290 g/mol. The van der Waals surface area contributed by atoms with Crippen molar-refractivity contribution in [2.45, 2.75) is 32.1 Å². The Kier molecular flexibility index (Phi) is 4.34. The molecule has 7 heteroatoms. The second-order valence-electron chi connectivity index (χ2n) is 4.86. The molecule has 106 valence electrons. The number of hydrogen-bond acceptors (Lipinski definition) is 3. The predicted molar refractivity (Wildman–Crippen MR) is 68.1 cm³/mol. The highest BCUT2D eigenvalue weighted by molar-refractivity contribution is 7.92. The molecule has 2 rings (SSSR count). The first-order valence-corrected chi connectivity index (χ1v) is 7.94. The van der Waals surface area contributed by atoms with Crippen molar-refractivity contribution in [3.8, 4) is 0 Å². The van der Waals surface area contributed by atoms with Crippen LogP contribution in [0.1, 0.15) is 32.1 Å². The van der Waals surface area contributed by atoms with E-state index < -0.39 is 21.9 Å². The molecule has 1 saturated carbocycles. The van der Waals surface area contributed by atoms with Gasteiger partial charge in [-0.1, -0.05) is 19.3 Å². The summed E-state index contributed by atoms with van der Waals surface area (Å²) >= 11 is 0. The lowest BCUT2D eigenvalue weighted by atomic mass is 9.91. The molecule has 0 amide bonds. The van der Waals surface area contributed by atoms with E-state index in [1.807, 2.05) is 0 Å². The lowest BCUT2D eigenvalue weighted by Crippen LogP contribution is -2.24. The maximum atomic E-state index is 13.3. The molecule has 0 saturated heterocycles. The summed E-state index contributed by atoms with van der Waals surface area (Å²) in [6.07, 6.45) is 4.97. The van der Waals surface area contributed by atoms with Gasteiger partial charge in [0, 0.05) is 0 Å². The molecule has 1 fully saturated rings. The normalized spacial score (nSPS) is 17.4. The minimum atomic E-state index is -3.62. The van der Waals surface area contributed by atoms with Crippen LogP contribution in [0.4, 0.5) is 14.5 Å². The smallest absolute Gasteiger partial charge is 0.239 e. The number of aromatic nitrogens is 1. The molecule has 1 N–H and O–H groups in total. The highest BCUT2D eigenvalue weighted by Gasteiger charge is 2.22. The Hall–Kier alpha value is -1.24. The number of sulfonamides is 1. The van der Waals surface area contributed by atoms with Gasteiger partial charge in [-0.05, 0) is 30.9 Å². The molecule has 1 heterocycles. The fraction of sp³-hybridized carbons (Fsp3) is 0.583. The first kappa shape index (κ1) is 14.2. The zero-order valence-electron chi connectivity index (χ0n) is 10.4. The fourth-order valence-electron chi connectivity index (χ4n) is 2.36. The summed E-state index contributed by atoms with van der Waals surface area (Å²) in [7, 11) is -3.62. The van der Waals surface area contributed by atoms with Crippen LogP contribution >= 0.6 is 0 Å². The number of hydrogen-bond donors (Lipinski definition) is 1. The van der Waals surface area contributed by atoms with Gasteiger partial charge >= 0.3 is 0 Å². The third kappa shape index (κ3) is 4.12. The fourth-order valence-corrected chi connectivity index (χ4v) is 3.89. The number of pyridine rings is 1. The molecule has 0 radical (unpaired) electrons. The molecule has 0 unspecified atom stereocenters. The molecule has 0 aromatic carbocycles. The SMILES string of the molecule is O=S(=O)(CC1CCCCC1)Nc1ccc(F)nc1F. The molecule has 1 aliphatic rings. The molecule has 1 aliphatic carbocycles. The van der Waals surface area contributed by atoms with Gasteiger partial charge in [0.1, 0.15) is 5.69 Å². The molecule has 0 aliphatic heterocycles. The Morgan fingerprint density at radius 1 is 1.21 bits per heavy atom. The Labute approximate surface area is 111 Å². The molecule has 0 bridgehead atoms. The Morgan fingerprint density at radius 3 is 2.53 bits per heavy atom. The van der Waals surface area contributed by atoms with E-state index >= 15 is 0 Å². The van der Waals surface area contributed by atoms with Gasteiger partial charge in [-0.25, -0.2) is 8.42 Å². The number of rotatable bonds is 4. The predicted octanol–water partition coefficient (Wildman–Crippen LogP) is 2.68. The molecule has 1 aromatic rings. The third-order valence-electron chi connectivity index (χ3n) is 3.26. The second kappa shape index (κ2) is 5.81. The number of anilines is 1. The van der Waals surface area contributed by atoms with Crippen molar-refractivity contribution in [1.82, 2.24) is 4.98 Å². The third-order valence-corrected chi connectivity index (χ3v) is 4.70. The summed E-state index contributed by atoms with van der Waals surface area (Å²) in [6.45, 7) is 0. The summed E-state index contributed by atoms with van der Waals surface area (Å²) in [5.74, 6) is -2.04. The topological polar surface area (TPSA) is 59.1 Å². The van der Waals surface area contributed by atoms with Crippen molar-refractivity contribution in [3.63, 3.8) is 0 Å². The average molecular weight is 290 g/mol. The van der Waals surface area contributed by atoms with E-state index in [4.69, 9.17) is 0 Å². The minimum absolute atomic E-state index is 0.0240. The molecular formula is C12H16F2N2O2S. The van der Waals surface area contributed by atoms with Gasteiger partial charge < -0.3 is 0 Å². The van der Waals surface area contributed by atoms with E-state index in [-0.39, 0.29) is 17.4 Å². The summed E-state index contributed by atoms with van der Waals surface area (Å²) in [6, 6.07) is 1.96. The summed E-state index contributed by atoms with van der Waals surface area (Å²) in [5, 5.41) is 0. The Bertz CT molecular complexity index is 543. The molecule has 0 spiro atoms. The zero-order valence-corrected chi connectivity index (χ0v) is 11.2. The van der Waals surface area contributed by atoms with Gasteiger partial charge in [-0.15, -0.1) is 0 Å². The van der Waals surface area contributed by atoms with Crippen molar-refractivity contribution < 1.29 is 17.2 Å². The van der Waals surface area contributed by atoms with Gasteiger partial charge in [0.2, 0.25) is 21.9 Å². The highest BCUT2D eigenvalue weighted by atomic mass is 32.2. The van der Waals surface area contributed by atoms with E-state index in [1.54, 1.807) is 0 Å². The van der Waals surface area contributed by atoms with Crippen LogP contribution in [0, 0.1) is 17.8 Å². The maximum absolute atomic E-state index is 13.3. The van der Waals surface area contributed by atoms with Crippen LogP contribution in [0.5, 0.6) is 0 Å². The average Bonchev–Trinajstić information content (AvgIpc) is 2.33. The van der Waals surface area contributed by atoms with Crippen LogP contribution in [0.15, 0.2) is 12.1 Å². The van der Waals surface area contributed by atoms with Gasteiger partial charge in [-0.3, -0.25) is 4.72 Å². The second-order valence-corrected chi connectivity index (χ2v) is 6.63. The summed E-state index contributed by atoms with van der Waals surface area (Å²) < 4.78 is 51.8. The standard InChI is InChI=1S/C12H16F2N2O2S/c13-11-7-6-10(12(14)15-11)16-19(17,18)8-9-4-2-1-3-5-9/h6-7,9,16H,1-5,8H2. The van der Waals surface area contributed by atoms with Crippen molar-refractivity contribution >= 4 is 15.7 Å². The molecule has 1 aromatic heterocycles. The molecule has 0 atom stereocenters. The van der Waals surface area contributed by atoms with Crippen molar-refractivity contribution in [2.75, 3.05) is 10.5 Å². The van der Waals surface area contributed by atoms with Crippen molar-refractivity contribution in [2.24, 2.45) is 5.92 Å². The van der Waals surface area contributed by atoms with Crippen molar-refractivity contribution in [1.29, 1.82) is 0 Å². The van der Waals surface area contributed by atoms with Crippen LogP contribution in [0.3, 0.4) is 0 Å². The largest absolute Gasteiger partial charge is 0.279 e. The van der Waals surface area contributed by atoms with Gasteiger partial charge in [0.15, 0.2) is 0 Å². The van der Waals surface area contributed by atoms with Gasteiger partial charge in [-0.2, -0.15) is 13.8 Å². The maximum Gasteiger partial charge on any atom is 0.239 e. The number of halogens is 2. The Morgan fingerprint density at radius 2 is 1.89 bits per heavy atom. The van der Waals surface area contributed by atoms with Crippen LogP contribution in [0.25, 0.3) is 0 Å². The summed E-state index contributed by atoms with van der Waals surface area (Å²) in [4.78, 5) is 2.94. The quantitative estimate of drug-likeness (QED) is 0.867. The zero-order chi connectivity index (χ0) is 13.9. The van der Waals surface area contributed by atoms with Gasteiger partial charge in [0.05, 0.1) is 5.75 Å². The lowest BCUT2D eigenvalue weighted by Gasteiger charge is -2.21. The van der Waals surface area contributed by atoms with E-state index in [0.717, 1.165) is 44.2 Å². The molecule has 4 nitrogen and oxygen atoms in total. The number of nitrogens with zero attached hydrogens (tertiary/aromatic N) is 1. The van der Waals surface area contributed by atoms with Crippen LogP contribution in [0.2, 0.25) is 0 Å². The first-order chi connectivity index (χ1) is 8.96. The minimum Gasteiger partial charge on any atom is -0.279 e. The Balaban J connectivity index is 2.03. The molecule has 19 heavy (non-hydrogen) atoms. The van der Waals surface area contributed by atoms with E-state index in [2.05, 4.69) is 9.71 Å². The van der Waals surface area contributed by atoms with E-state index in [9.17, 15) is 17.2 Å². The van der Waals surface area contributed by atoms with Crippen LogP contribution < -0.4 is 4.72 Å². The van der Waals surface area contributed by atoms with Crippen molar-refractivity contribution in [3.05, 3.63) is 24.0 Å². The van der Waals surface area contributed by atoms with E-state index in [0.29, 0.717) is 0 Å². The van der Waals surface area contributed by atoms with Gasteiger partial charge in [0.25, 0.3) is 0 Å². The van der Waals surface area contributed by atoms with E-state index in [1.165, 1.54) is 0 Å². The lowest BCUT2D eigenvalue weighted by molar-refractivity contribution is 0.385. The summed E-state index contributed by atoms with van der Waals surface area (Å²) in [5.41, 5.74) is -0.308. The first-order valence-electron chi connectivity index (χ1n) is 6.29. The van der Waals surface area contributed by atoms with Crippen LogP contribution in [-0.2, 0) is 10.0 Å². The number of nitrogens with one attached hydrogen (secondary N) is 1. The van der Waals surface area contributed by atoms with Crippen LogP contribution in [-0.4, -0.2) is 19.2 Å². The highest BCUT2D eigenvalue weighted by Crippen LogP contribution is 2.25. The molecular weight excluding hydrogens is 274 g/mol.